The maximum Gasteiger partial charge on any atom is 1.00 e. The van der Waals surface area contributed by atoms with Crippen molar-refractivity contribution in [2.75, 3.05) is 0 Å². The van der Waals surface area contributed by atoms with Crippen LogP contribution in [0.3, 0.4) is 0 Å². The van der Waals surface area contributed by atoms with Crippen LogP contribution in [0.5, 0.6) is 0 Å². The molecule has 146 valence electrons. The molecule has 0 amide bonds. The van der Waals surface area contributed by atoms with Gasteiger partial charge in [0.2, 0.25) is 0 Å². The maximum atomic E-state index is 11.0. The Kier molecular flexibility index (Phi) is 16.2. The molecule has 1 rings (SSSR count). The summed E-state index contributed by atoms with van der Waals surface area (Å²) in [4.78, 5) is -0.0263. The Labute approximate surface area is 184 Å². The molecule has 0 saturated heterocycles. The van der Waals surface area contributed by atoms with Crippen LogP contribution < -0.4 is 29.6 Å². The number of hydrogen-bond acceptors (Lipinski definition) is 2. The van der Waals surface area contributed by atoms with Crippen molar-refractivity contribution < 1.29 is 44.0 Å². The molecule has 0 atom stereocenters. The van der Waals surface area contributed by atoms with Crippen LogP contribution >= 0.6 is 0 Å². The van der Waals surface area contributed by atoms with E-state index in [1.54, 1.807) is 12.1 Å². The first-order valence-corrected chi connectivity index (χ1v) is 11.5. The van der Waals surface area contributed by atoms with E-state index in [9.17, 15) is 8.42 Å². The predicted molar refractivity (Wildman–Crippen MR) is 107 cm³/mol. The first-order valence-electron chi connectivity index (χ1n) is 10.1. The van der Waals surface area contributed by atoms with E-state index in [0.717, 1.165) is 18.4 Å². The molecule has 26 heavy (non-hydrogen) atoms. The van der Waals surface area contributed by atoms with Gasteiger partial charge in [0.1, 0.15) is 0 Å². The minimum atomic E-state index is -4.07. The van der Waals surface area contributed by atoms with Gasteiger partial charge < -0.3 is 1.43 Å². The van der Waals surface area contributed by atoms with Gasteiger partial charge in [-0.25, -0.2) is 0 Å². The van der Waals surface area contributed by atoms with Crippen LogP contribution in [-0.2, 0) is 16.5 Å². The summed E-state index contributed by atoms with van der Waals surface area (Å²) in [6.45, 7) is 2.26. The molecule has 3 nitrogen and oxygen atoms in total. The molecule has 0 spiro atoms. The first kappa shape index (κ1) is 26.1. The van der Waals surface area contributed by atoms with Crippen LogP contribution in [-0.4, -0.2) is 13.0 Å². The third-order valence-electron chi connectivity index (χ3n) is 4.79. The second-order valence-electron chi connectivity index (χ2n) is 7.11. The summed E-state index contributed by atoms with van der Waals surface area (Å²) in [5, 5.41) is 0. The van der Waals surface area contributed by atoms with Crippen molar-refractivity contribution in [1.29, 1.82) is 0 Å². The SMILES string of the molecule is CCCCCCCCCCCCCCCc1ccc(S(=O)(=O)O)cc1.[H-].[Na+]. The van der Waals surface area contributed by atoms with E-state index >= 15 is 0 Å². The van der Waals surface area contributed by atoms with Gasteiger partial charge in [0.15, 0.2) is 0 Å². The summed E-state index contributed by atoms with van der Waals surface area (Å²) in [5.74, 6) is 0. The molecule has 0 aliphatic heterocycles. The first-order chi connectivity index (χ1) is 12.0. The number of aryl methyl sites for hydroxylation is 1. The van der Waals surface area contributed by atoms with Crippen LogP contribution in [0.2, 0.25) is 0 Å². The van der Waals surface area contributed by atoms with Crippen molar-refractivity contribution in [3.8, 4) is 0 Å². The van der Waals surface area contributed by atoms with Gasteiger partial charge in [-0.3, -0.25) is 4.55 Å². The Balaban J connectivity index is 0. The zero-order valence-electron chi connectivity index (χ0n) is 17.9. The van der Waals surface area contributed by atoms with Gasteiger partial charge in [0, 0.05) is 0 Å². The summed E-state index contributed by atoms with van der Waals surface area (Å²) < 4.78 is 30.9. The van der Waals surface area contributed by atoms with E-state index in [2.05, 4.69) is 6.92 Å². The molecule has 0 heterocycles. The van der Waals surface area contributed by atoms with E-state index in [4.69, 9.17) is 4.55 Å². The third kappa shape index (κ3) is 13.3. The van der Waals surface area contributed by atoms with Crippen molar-refractivity contribution in [1.82, 2.24) is 0 Å². The van der Waals surface area contributed by atoms with E-state index in [-0.39, 0.29) is 35.9 Å². The number of rotatable bonds is 15. The summed E-state index contributed by atoms with van der Waals surface area (Å²) in [7, 11) is -4.07. The number of benzene rings is 1. The Morgan fingerprint density at radius 2 is 1.12 bits per heavy atom. The van der Waals surface area contributed by atoms with E-state index in [1.165, 1.54) is 89.2 Å². The molecule has 1 N–H and O–H groups in total. The van der Waals surface area contributed by atoms with Gasteiger partial charge in [0.25, 0.3) is 10.1 Å². The molecule has 0 aliphatic rings. The monoisotopic (exact) mass is 392 g/mol. The van der Waals surface area contributed by atoms with Crippen molar-refractivity contribution in [3.05, 3.63) is 29.8 Å². The molecule has 0 unspecified atom stereocenters. The fourth-order valence-corrected chi connectivity index (χ4v) is 3.66. The minimum absolute atomic E-state index is 0. The summed E-state index contributed by atoms with van der Waals surface area (Å²) in [6, 6.07) is 6.55. The molecule has 1 aromatic rings. The van der Waals surface area contributed by atoms with Crippen LogP contribution in [0.4, 0.5) is 0 Å². The predicted octanol–water partition coefficient (Wildman–Crippen LogP) is 3.68. The maximum absolute atomic E-state index is 11.0. The molecule has 0 aliphatic carbocycles. The molecule has 1 aromatic carbocycles. The van der Waals surface area contributed by atoms with Gasteiger partial charge in [-0.15, -0.1) is 0 Å². The Bertz CT molecular complexity index is 547. The number of unbranched alkanes of at least 4 members (excludes halogenated alkanes) is 12. The molecule has 5 heteroatoms. The summed E-state index contributed by atoms with van der Waals surface area (Å²) in [6.07, 6.45) is 18.5. The van der Waals surface area contributed by atoms with Crippen LogP contribution in [0.25, 0.3) is 0 Å². The van der Waals surface area contributed by atoms with Gasteiger partial charge >= 0.3 is 29.6 Å². The molecule has 0 radical (unpaired) electrons. The van der Waals surface area contributed by atoms with Crippen molar-refractivity contribution in [2.45, 2.75) is 102 Å². The second kappa shape index (κ2) is 16.1. The molecule has 0 fully saturated rings. The van der Waals surface area contributed by atoms with Crippen molar-refractivity contribution in [2.24, 2.45) is 0 Å². The standard InChI is InChI=1S/C21H36O3S.Na.H/c1-2-3-4-5-6-7-8-9-10-11-12-13-14-15-20-16-18-21(19-17-20)25(22,23)24;;/h16-19H,2-15H2,1H3,(H,22,23,24);;/q;+1;-1. The van der Waals surface area contributed by atoms with Crippen LogP contribution in [0.1, 0.15) is 97.4 Å². The average Bonchev–Trinajstić information content (AvgIpc) is 2.58. The third-order valence-corrected chi connectivity index (χ3v) is 5.66. The Morgan fingerprint density at radius 1 is 0.731 bits per heavy atom. The molecular formula is C21H37NaO3S. The van der Waals surface area contributed by atoms with E-state index in [1.807, 2.05) is 0 Å². The summed E-state index contributed by atoms with van der Waals surface area (Å²) >= 11 is 0. The topological polar surface area (TPSA) is 54.4 Å². The fourth-order valence-electron chi connectivity index (χ4n) is 3.17. The van der Waals surface area contributed by atoms with E-state index < -0.39 is 10.1 Å². The smallest absolute Gasteiger partial charge is 1.00 e. The normalized spacial score (nSPS) is 11.3. The van der Waals surface area contributed by atoms with Gasteiger partial charge in [0.05, 0.1) is 4.90 Å². The van der Waals surface area contributed by atoms with Gasteiger partial charge in [-0.1, -0.05) is 96.1 Å². The molecule has 0 aromatic heterocycles. The molecular weight excluding hydrogens is 355 g/mol. The fraction of sp³-hybridized carbons (Fsp3) is 0.714. The van der Waals surface area contributed by atoms with Crippen molar-refractivity contribution in [3.63, 3.8) is 0 Å². The van der Waals surface area contributed by atoms with Gasteiger partial charge in [-0.2, -0.15) is 8.42 Å². The minimum Gasteiger partial charge on any atom is -1.00 e. The average molecular weight is 393 g/mol. The molecule has 0 saturated carbocycles. The quantitative estimate of drug-likeness (QED) is 0.281. The van der Waals surface area contributed by atoms with E-state index in [0.29, 0.717) is 0 Å². The zero-order chi connectivity index (χ0) is 18.4. The van der Waals surface area contributed by atoms with Gasteiger partial charge in [-0.05, 0) is 30.5 Å². The van der Waals surface area contributed by atoms with Crippen LogP contribution in [0, 0.1) is 0 Å². The second-order valence-corrected chi connectivity index (χ2v) is 8.53. The Morgan fingerprint density at radius 3 is 1.50 bits per heavy atom. The Hall–Kier alpha value is 0.130. The molecule has 0 bridgehead atoms. The van der Waals surface area contributed by atoms with Crippen LogP contribution in [0.15, 0.2) is 29.2 Å². The van der Waals surface area contributed by atoms with Crippen molar-refractivity contribution >= 4 is 10.1 Å². The zero-order valence-corrected chi connectivity index (χ0v) is 19.7. The summed E-state index contributed by atoms with van der Waals surface area (Å²) in [5.41, 5.74) is 1.13. The number of hydrogen-bond donors (Lipinski definition) is 1. The largest absolute Gasteiger partial charge is 1.00 e.